The summed E-state index contributed by atoms with van der Waals surface area (Å²) in [6.07, 6.45) is 1.83. The minimum absolute atomic E-state index is 0.304. The number of oxazole rings is 1. The number of esters is 1. The summed E-state index contributed by atoms with van der Waals surface area (Å²) in [5.74, 6) is 1.68. The van der Waals surface area contributed by atoms with Crippen LogP contribution in [0.15, 0.2) is 82.7 Å². The number of aryl methyl sites for hydroxylation is 1. The van der Waals surface area contributed by atoms with Crippen molar-refractivity contribution in [3.63, 3.8) is 0 Å². The lowest BCUT2D eigenvalue weighted by Gasteiger charge is -2.26. The molecule has 0 aliphatic carbocycles. The monoisotopic (exact) mass is 555 g/mol. The average Bonchev–Trinajstić information content (AvgIpc) is 3.60. The number of aromatic nitrogens is 2. The van der Waals surface area contributed by atoms with E-state index in [-0.39, 0.29) is 0 Å². The molecule has 0 atom stereocenters. The number of carbonyl (C=O) groups excluding carboxylic acids is 1. The third-order valence-corrected chi connectivity index (χ3v) is 7.39. The summed E-state index contributed by atoms with van der Waals surface area (Å²) in [5.41, 5.74) is 1.88. The van der Waals surface area contributed by atoms with Crippen molar-refractivity contribution in [2.75, 3.05) is 6.61 Å². The van der Waals surface area contributed by atoms with Gasteiger partial charge in [0.2, 0.25) is 5.89 Å². The first-order valence-corrected chi connectivity index (χ1v) is 14.2. The Labute approximate surface area is 238 Å². The zero-order chi connectivity index (χ0) is 28.1. The molecule has 0 fully saturated rings. The number of benzene rings is 3. The zero-order valence-corrected chi connectivity index (χ0v) is 24.0. The number of ether oxygens (including phenoxy) is 2. The van der Waals surface area contributed by atoms with Gasteiger partial charge in [0, 0.05) is 35.6 Å². The molecule has 5 aromatic rings. The first kappa shape index (κ1) is 27.6. The minimum Gasteiger partial charge on any atom is -0.476 e. The van der Waals surface area contributed by atoms with Gasteiger partial charge in [-0.05, 0) is 56.8 Å². The number of carbonyl (C=O) groups is 1. The summed E-state index contributed by atoms with van der Waals surface area (Å²) >= 11 is 1.64. The lowest BCUT2D eigenvalue weighted by atomic mass is 10.0. The summed E-state index contributed by atoms with van der Waals surface area (Å²) in [6, 6.07) is 22.1. The van der Waals surface area contributed by atoms with Gasteiger partial charge in [-0.1, -0.05) is 48.5 Å². The molecule has 0 N–H and O–H groups in total. The van der Waals surface area contributed by atoms with Gasteiger partial charge < -0.3 is 13.9 Å². The fourth-order valence-electron chi connectivity index (χ4n) is 4.60. The number of rotatable bonds is 11. The fraction of sp³-hybridized carbons (Fsp3) is 0.281. The van der Waals surface area contributed by atoms with Crippen LogP contribution in [-0.4, -0.2) is 33.0 Å². The third-order valence-electron chi connectivity index (χ3n) is 6.63. The van der Waals surface area contributed by atoms with Crippen molar-refractivity contribution in [1.29, 1.82) is 0 Å². The van der Waals surface area contributed by atoms with Crippen LogP contribution < -0.4 is 4.74 Å². The third kappa shape index (κ3) is 6.24. The van der Waals surface area contributed by atoms with Crippen LogP contribution in [0, 0.1) is 6.92 Å². The van der Waals surface area contributed by atoms with Crippen molar-refractivity contribution in [2.45, 2.75) is 52.9 Å². The van der Waals surface area contributed by atoms with E-state index in [0.29, 0.717) is 37.9 Å². The Bertz CT molecular complexity index is 1580. The first-order valence-electron chi connectivity index (χ1n) is 13.3. The van der Waals surface area contributed by atoms with Crippen LogP contribution in [0.1, 0.15) is 42.8 Å². The van der Waals surface area contributed by atoms with E-state index in [2.05, 4.69) is 22.0 Å². The maximum atomic E-state index is 12.5. The Kier molecular flexibility index (Phi) is 8.28. The summed E-state index contributed by atoms with van der Waals surface area (Å²) in [5, 5.41) is 5.03. The van der Waals surface area contributed by atoms with Gasteiger partial charge in [-0.2, -0.15) is 0 Å². The number of hydrogen-bond donors (Lipinski definition) is 0. The molecule has 5 rings (SSSR count). The molecule has 8 heteroatoms. The molecule has 3 aromatic carbocycles. The lowest BCUT2D eigenvalue weighted by Crippen LogP contribution is -2.39. The molecule has 0 saturated heterocycles. The fourth-order valence-corrected chi connectivity index (χ4v) is 5.26. The van der Waals surface area contributed by atoms with Crippen LogP contribution >= 0.6 is 11.3 Å². The molecule has 0 unspecified atom stereocenters. The van der Waals surface area contributed by atoms with Gasteiger partial charge in [-0.3, -0.25) is 4.90 Å². The molecular formula is C32H33N3O4S. The second-order valence-electron chi connectivity index (χ2n) is 10.1. The molecule has 0 saturated carbocycles. The number of thiazole rings is 1. The van der Waals surface area contributed by atoms with Crippen LogP contribution in [0.4, 0.5) is 0 Å². The van der Waals surface area contributed by atoms with Crippen molar-refractivity contribution in [1.82, 2.24) is 14.9 Å². The van der Waals surface area contributed by atoms with Crippen molar-refractivity contribution in [3.05, 3.63) is 100 Å². The molecule has 0 aliphatic rings. The van der Waals surface area contributed by atoms with E-state index in [4.69, 9.17) is 18.9 Å². The average molecular weight is 556 g/mol. The second kappa shape index (κ2) is 12.0. The van der Waals surface area contributed by atoms with Crippen molar-refractivity contribution < 1.29 is 18.7 Å². The predicted molar refractivity (Wildman–Crippen MR) is 157 cm³/mol. The largest absolute Gasteiger partial charge is 0.476 e. The first-order chi connectivity index (χ1) is 19.3. The standard InChI is InChI=1S/C32H33N3O4S/c1-5-37-31(36)32(3,4)39-28-16-15-24(25-13-9-10-14-26(25)28)19-35(21-29-33-17-18-40-29)20-27-22(2)38-30(34-27)23-11-7-6-8-12-23/h6-18H,5,19-21H2,1-4H3. The lowest BCUT2D eigenvalue weighted by molar-refractivity contribution is -0.158. The molecular weight excluding hydrogens is 522 g/mol. The Morgan fingerprint density at radius 2 is 1.73 bits per heavy atom. The minimum atomic E-state index is -1.11. The SMILES string of the molecule is CCOC(=O)C(C)(C)Oc1ccc(CN(Cc2nccs2)Cc2nc(-c3ccccc3)oc2C)c2ccccc12. The van der Waals surface area contributed by atoms with Gasteiger partial charge in [0.1, 0.15) is 16.5 Å². The number of nitrogens with zero attached hydrogens (tertiary/aromatic N) is 3. The molecule has 0 spiro atoms. The van der Waals surface area contributed by atoms with E-state index in [0.717, 1.165) is 38.4 Å². The normalized spacial score (nSPS) is 11.7. The Morgan fingerprint density at radius 3 is 2.45 bits per heavy atom. The molecule has 7 nitrogen and oxygen atoms in total. The van der Waals surface area contributed by atoms with E-state index in [1.54, 1.807) is 32.1 Å². The van der Waals surface area contributed by atoms with Crippen LogP contribution in [0.5, 0.6) is 5.75 Å². The van der Waals surface area contributed by atoms with Gasteiger partial charge in [0.15, 0.2) is 5.60 Å². The molecule has 0 bridgehead atoms. The predicted octanol–water partition coefficient (Wildman–Crippen LogP) is 7.18. The van der Waals surface area contributed by atoms with Crippen LogP contribution in [0.2, 0.25) is 0 Å². The zero-order valence-electron chi connectivity index (χ0n) is 23.2. The van der Waals surface area contributed by atoms with Gasteiger partial charge in [-0.15, -0.1) is 11.3 Å². The van der Waals surface area contributed by atoms with Gasteiger partial charge >= 0.3 is 5.97 Å². The summed E-state index contributed by atoms with van der Waals surface area (Å²) < 4.78 is 17.5. The smallest absolute Gasteiger partial charge is 0.349 e. The Balaban J connectivity index is 1.45. The van der Waals surface area contributed by atoms with E-state index in [1.165, 1.54) is 0 Å². The summed E-state index contributed by atoms with van der Waals surface area (Å²) in [6.45, 7) is 9.45. The van der Waals surface area contributed by atoms with Gasteiger partial charge in [0.25, 0.3) is 0 Å². The quantitative estimate of drug-likeness (QED) is 0.160. The van der Waals surface area contributed by atoms with E-state index in [9.17, 15) is 4.79 Å². The van der Waals surface area contributed by atoms with Crippen LogP contribution in [0.25, 0.3) is 22.2 Å². The molecule has 206 valence electrons. The molecule has 2 heterocycles. The highest BCUT2D eigenvalue weighted by molar-refractivity contribution is 7.09. The second-order valence-corrected chi connectivity index (χ2v) is 11.0. The topological polar surface area (TPSA) is 77.7 Å². The Hall–Kier alpha value is -4.01. The highest BCUT2D eigenvalue weighted by atomic mass is 32.1. The number of hydrogen-bond acceptors (Lipinski definition) is 8. The highest BCUT2D eigenvalue weighted by Crippen LogP contribution is 2.33. The van der Waals surface area contributed by atoms with Crippen molar-refractivity contribution in [2.24, 2.45) is 0 Å². The van der Waals surface area contributed by atoms with E-state index >= 15 is 0 Å². The molecule has 0 amide bonds. The van der Waals surface area contributed by atoms with Crippen LogP contribution in [0.3, 0.4) is 0 Å². The maximum absolute atomic E-state index is 12.5. The Morgan fingerprint density at radius 1 is 0.975 bits per heavy atom. The van der Waals surface area contributed by atoms with E-state index < -0.39 is 11.6 Å². The molecule has 0 radical (unpaired) electrons. The number of fused-ring (bicyclic) bond motifs is 1. The van der Waals surface area contributed by atoms with Gasteiger partial charge in [-0.25, -0.2) is 14.8 Å². The summed E-state index contributed by atoms with van der Waals surface area (Å²) in [7, 11) is 0. The molecule has 0 aliphatic heterocycles. The molecule has 2 aromatic heterocycles. The van der Waals surface area contributed by atoms with Crippen LogP contribution in [-0.2, 0) is 29.2 Å². The van der Waals surface area contributed by atoms with Gasteiger partial charge in [0.05, 0.1) is 18.8 Å². The molecule has 40 heavy (non-hydrogen) atoms. The van der Waals surface area contributed by atoms with Crippen molar-refractivity contribution >= 4 is 28.1 Å². The van der Waals surface area contributed by atoms with Crippen molar-refractivity contribution in [3.8, 4) is 17.2 Å². The summed E-state index contributed by atoms with van der Waals surface area (Å²) in [4.78, 5) is 24.2. The maximum Gasteiger partial charge on any atom is 0.349 e. The van der Waals surface area contributed by atoms with E-state index in [1.807, 2.05) is 73.1 Å². The highest BCUT2D eigenvalue weighted by Gasteiger charge is 2.32.